The third-order valence-electron chi connectivity index (χ3n) is 5.96. The Hall–Kier alpha value is -1.24. The maximum atomic E-state index is 12.3. The van der Waals surface area contributed by atoms with E-state index < -0.39 is 11.4 Å². The lowest BCUT2D eigenvalue weighted by molar-refractivity contribution is -0.156. The topological polar surface area (TPSA) is 66.3 Å². The number of carbonyl (C=O) groups is 1. The number of halogens is 1. The smallest absolute Gasteiger partial charge is 0.310 e. The Bertz CT molecular complexity index is 837. The molecule has 0 saturated carbocycles. The predicted molar refractivity (Wildman–Crippen MR) is 115 cm³/mol. The minimum Gasteiger partial charge on any atom is -0.481 e. The van der Waals surface area contributed by atoms with E-state index in [1.807, 2.05) is 13.0 Å². The Balaban J connectivity index is 1.90. The number of thiophene rings is 1. The third-order valence-corrected chi connectivity index (χ3v) is 7.32. The van der Waals surface area contributed by atoms with Crippen molar-refractivity contribution in [3.05, 3.63) is 21.8 Å². The van der Waals surface area contributed by atoms with Gasteiger partial charge in [-0.1, -0.05) is 45.7 Å². The maximum Gasteiger partial charge on any atom is 0.310 e. The first-order valence-corrected chi connectivity index (χ1v) is 11.1. The highest BCUT2D eigenvalue weighted by Crippen LogP contribution is 2.44. The summed E-state index contributed by atoms with van der Waals surface area (Å²) in [5.41, 5.74) is 0.957. The van der Waals surface area contributed by atoms with E-state index in [2.05, 4.69) is 42.6 Å². The fourth-order valence-electron chi connectivity index (χ4n) is 4.29. The first-order chi connectivity index (χ1) is 13.0. The van der Waals surface area contributed by atoms with E-state index in [0.717, 1.165) is 53.3 Å². The molecule has 1 fully saturated rings. The van der Waals surface area contributed by atoms with E-state index in [4.69, 9.17) is 11.6 Å². The fourth-order valence-corrected chi connectivity index (χ4v) is 5.48. The van der Waals surface area contributed by atoms with Crippen LogP contribution in [0.5, 0.6) is 0 Å². The average Bonchev–Trinajstić information content (AvgIpc) is 2.95. The largest absolute Gasteiger partial charge is 0.481 e. The van der Waals surface area contributed by atoms with Crippen LogP contribution in [-0.2, 0) is 11.3 Å². The molecule has 2 atom stereocenters. The van der Waals surface area contributed by atoms with E-state index in [1.165, 1.54) is 0 Å². The molecule has 5 nitrogen and oxygen atoms in total. The molecular formula is C21H30ClN3O2S. The molecule has 1 N–H and O–H groups in total. The van der Waals surface area contributed by atoms with Crippen LogP contribution in [0.15, 0.2) is 6.07 Å². The monoisotopic (exact) mass is 423 g/mol. The van der Waals surface area contributed by atoms with E-state index in [1.54, 1.807) is 11.3 Å². The summed E-state index contributed by atoms with van der Waals surface area (Å²) in [6, 6.07) is 2.04. The van der Waals surface area contributed by atoms with Gasteiger partial charge < -0.3 is 5.11 Å². The SMILES string of the molecule is CCC[C@@]1(C(=O)O)C[C@@H](C(C)(C)C)CN(Cc2cc3nc(Cl)c(C)nc3s2)C1. The van der Waals surface area contributed by atoms with Crippen molar-refractivity contribution in [1.82, 2.24) is 14.9 Å². The molecule has 0 unspecified atom stereocenters. The molecule has 1 aliphatic heterocycles. The summed E-state index contributed by atoms with van der Waals surface area (Å²) in [6.07, 6.45) is 2.35. The Labute approximate surface area is 176 Å². The van der Waals surface area contributed by atoms with Gasteiger partial charge in [-0.05, 0) is 37.2 Å². The summed E-state index contributed by atoms with van der Waals surface area (Å²) in [7, 11) is 0. The molecule has 3 rings (SSSR count). The van der Waals surface area contributed by atoms with E-state index in [-0.39, 0.29) is 5.41 Å². The summed E-state index contributed by atoms with van der Waals surface area (Å²) < 4.78 is 0. The predicted octanol–water partition coefficient (Wildman–Crippen LogP) is 5.39. The van der Waals surface area contributed by atoms with Crippen molar-refractivity contribution in [1.29, 1.82) is 0 Å². The number of fused-ring (bicyclic) bond motifs is 1. The van der Waals surface area contributed by atoms with Crippen molar-refractivity contribution in [2.45, 2.75) is 60.4 Å². The van der Waals surface area contributed by atoms with Crippen LogP contribution < -0.4 is 0 Å². The van der Waals surface area contributed by atoms with Gasteiger partial charge in [0, 0.05) is 24.5 Å². The number of hydrogen-bond acceptors (Lipinski definition) is 5. The zero-order valence-corrected chi connectivity index (χ0v) is 19.0. The lowest BCUT2D eigenvalue weighted by Gasteiger charge is -2.48. The molecular weight excluding hydrogens is 394 g/mol. The highest BCUT2D eigenvalue weighted by Gasteiger charge is 2.47. The Morgan fingerprint density at radius 2 is 2.14 bits per heavy atom. The number of piperidine rings is 1. The molecule has 1 saturated heterocycles. The van der Waals surface area contributed by atoms with Crippen LogP contribution in [0.3, 0.4) is 0 Å². The van der Waals surface area contributed by atoms with Crippen LogP contribution in [-0.4, -0.2) is 39.0 Å². The van der Waals surface area contributed by atoms with Gasteiger partial charge in [0.25, 0.3) is 0 Å². The lowest BCUT2D eigenvalue weighted by atomic mass is 9.65. The molecule has 0 spiro atoms. The molecule has 3 heterocycles. The van der Waals surface area contributed by atoms with Gasteiger partial charge in [-0.3, -0.25) is 9.69 Å². The summed E-state index contributed by atoms with van der Waals surface area (Å²) in [5.74, 6) is -0.318. The van der Waals surface area contributed by atoms with Gasteiger partial charge in [-0.2, -0.15) is 0 Å². The van der Waals surface area contributed by atoms with Crippen LogP contribution in [0, 0.1) is 23.7 Å². The third kappa shape index (κ3) is 4.34. The molecule has 2 aromatic rings. The Morgan fingerprint density at radius 1 is 1.43 bits per heavy atom. The van der Waals surface area contributed by atoms with Crippen LogP contribution >= 0.6 is 22.9 Å². The molecule has 0 bridgehead atoms. The summed E-state index contributed by atoms with van der Waals surface area (Å²) in [5, 5.41) is 10.5. The highest BCUT2D eigenvalue weighted by molar-refractivity contribution is 7.18. The summed E-state index contributed by atoms with van der Waals surface area (Å²) in [6.45, 7) is 12.8. The van der Waals surface area contributed by atoms with Crippen molar-refractivity contribution in [3.8, 4) is 0 Å². The minimum atomic E-state index is -0.669. The zero-order valence-electron chi connectivity index (χ0n) is 17.4. The lowest BCUT2D eigenvalue weighted by Crippen LogP contribution is -2.53. The summed E-state index contributed by atoms with van der Waals surface area (Å²) in [4.78, 5) is 25.6. The molecule has 0 amide bonds. The molecule has 154 valence electrons. The van der Waals surface area contributed by atoms with Crippen LogP contribution in [0.4, 0.5) is 0 Å². The first-order valence-electron chi connectivity index (χ1n) is 9.92. The molecule has 2 aromatic heterocycles. The zero-order chi connectivity index (χ0) is 20.7. The van der Waals surface area contributed by atoms with E-state index in [0.29, 0.717) is 17.6 Å². The molecule has 28 heavy (non-hydrogen) atoms. The number of aryl methyl sites for hydroxylation is 1. The van der Waals surface area contributed by atoms with Gasteiger partial charge in [0.1, 0.15) is 10.3 Å². The van der Waals surface area contributed by atoms with Gasteiger partial charge in [0.15, 0.2) is 5.15 Å². The first kappa shape index (κ1) is 21.5. The van der Waals surface area contributed by atoms with E-state index in [9.17, 15) is 9.90 Å². The second-order valence-corrected chi connectivity index (χ2v) is 10.7. The van der Waals surface area contributed by atoms with Gasteiger partial charge in [-0.15, -0.1) is 11.3 Å². The molecule has 0 aromatic carbocycles. The maximum absolute atomic E-state index is 12.3. The number of carboxylic acid groups (broad SMARTS) is 1. The van der Waals surface area contributed by atoms with Gasteiger partial charge in [-0.25, -0.2) is 9.97 Å². The van der Waals surface area contributed by atoms with Crippen molar-refractivity contribution in [2.75, 3.05) is 13.1 Å². The second kappa shape index (κ2) is 7.88. The molecule has 0 radical (unpaired) electrons. The standard InChI is InChI=1S/C21H30ClN3O2S/c1-6-7-21(19(26)27)9-14(20(3,4)5)10-25(12-21)11-15-8-16-18(28-15)23-13(2)17(22)24-16/h8,14H,6-7,9-12H2,1-5H3,(H,26,27)/t14-,21-/m1/s1. The van der Waals surface area contributed by atoms with Crippen molar-refractivity contribution in [3.63, 3.8) is 0 Å². The van der Waals surface area contributed by atoms with Crippen LogP contribution in [0.1, 0.15) is 57.5 Å². The number of nitrogens with zero attached hydrogens (tertiary/aromatic N) is 3. The average molecular weight is 424 g/mol. The number of carboxylic acids is 1. The number of rotatable bonds is 5. The van der Waals surface area contributed by atoms with E-state index >= 15 is 0 Å². The fraction of sp³-hybridized carbons (Fsp3) is 0.667. The normalized spacial score (nSPS) is 24.0. The van der Waals surface area contributed by atoms with Gasteiger partial charge in [0.05, 0.1) is 11.1 Å². The number of hydrogen-bond donors (Lipinski definition) is 1. The number of aliphatic carboxylic acids is 1. The number of likely N-dealkylation sites (tertiary alicyclic amines) is 1. The van der Waals surface area contributed by atoms with Crippen molar-refractivity contribution >= 4 is 39.3 Å². The summed E-state index contributed by atoms with van der Waals surface area (Å²) >= 11 is 7.74. The van der Waals surface area contributed by atoms with Crippen molar-refractivity contribution < 1.29 is 9.90 Å². The molecule has 1 aliphatic rings. The van der Waals surface area contributed by atoms with Crippen LogP contribution in [0.25, 0.3) is 10.3 Å². The quantitative estimate of drug-likeness (QED) is 0.698. The Kier molecular flexibility index (Phi) is 6.04. The number of aromatic nitrogens is 2. The van der Waals surface area contributed by atoms with Crippen LogP contribution in [0.2, 0.25) is 5.15 Å². The van der Waals surface area contributed by atoms with Gasteiger partial charge >= 0.3 is 5.97 Å². The highest BCUT2D eigenvalue weighted by atomic mass is 35.5. The minimum absolute atomic E-state index is 0.0705. The second-order valence-electron chi connectivity index (χ2n) is 9.28. The molecule has 0 aliphatic carbocycles. The van der Waals surface area contributed by atoms with Crippen molar-refractivity contribution in [2.24, 2.45) is 16.7 Å². The van der Waals surface area contributed by atoms with Gasteiger partial charge in [0.2, 0.25) is 0 Å². The Morgan fingerprint density at radius 3 is 2.75 bits per heavy atom. The molecule has 7 heteroatoms.